The molecule has 0 radical (unpaired) electrons. The van der Waals surface area contributed by atoms with Crippen molar-refractivity contribution >= 4 is 120 Å². The van der Waals surface area contributed by atoms with Crippen molar-refractivity contribution in [3.63, 3.8) is 0 Å². The third-order valence-corrected chi connectivity index (χ3v) is 44.2. The van der Waals surface area contributed by atoms with Crippen LogP contribution in [0.2, 0.25) is 0 Å². The summed E-state index contributed by atoms with van der Waals surface area (Å²) in [6.07, 6.45) is 21.8. The topological polar surface area (TPSA) is 412 Å². The van der Waals surface area contributed by atoms with E-state index >= 15 is 0 Å². The molecule has 1 aromatic heterocycles. The van der Waals surface area contributed by atoms with Gasteiger partial charge < -0.3 is 47.0 Å². The van der Waals surface area contributed by atoms with Gasteiger partial charge in [-0.25, -0.2) is 26.4 Å². The molecule has 34 heteroatoms. The van der Waals surface area contributed by atoms with Gasteiger partial charge in [0, 0.05) is 56.5 Å². The van der Waals surface area contributed by atoms with Crippen LogP contribution in [0.5, 0.6) is 0 Å². The van der Waals surface area contributed by atoms with Crippen LogP contribution in [0.25, 0.3) is 15.0 Å². The molecule has 11 unspecified atom stereocenters. The first-order valence-electron chi connectivity index (χ1n) is 53.9. The van der Waals surface area contributed by atoms with E-state index in [0.717, 1.165) is 36.5 Å². The number of thiophene rings is 1. The maximum atomic E-state index is 12.8. The van der Waals surface area contributed by atoms with Crippen molar-refractivity contribution in [2.24, 2.45) is 115 Å². The Morgan fingerprint density at radius 3 is 1.05 bits per heavy atom. The molecule has 3 aromatic carbocycles. The smallest absolute Gasteiger partial charge is 0.344 e. The Bertz CT molecular complexity index is 5320. The Balaban J connectivity index is 0.000000174. The van der Waals surface area contributed by atoms with E-state index < -0.39 is 158 Å². The van der Waals surface area contributed by atoms with Gasteiger partial charge in [-0.3, -0.25) is 37.1 Å². The molecule has 0 spiro atoms. The molecule has 147 heavy (non-hydrogen) atoms. The van der Waals surface area contributed by atoms with Gasteiger partial charge in [-0.1, -0.05) is 132 Å². The lowest BCUT2D eigenvalue weighted by Crippen LogP contribution is -2.63. The Hall–Kier alpha value is -6.63. The SMILES string of the molecule is CC(C)(C)c1ccc(-[s+]2ccc3ccccc32)cc1.CCC(C)(C)C(=O)OC1(C(C)C)C2CC3CC(C2)CC1C3.CCC(C)(C)C(=O)OC1(C(C)C)C2CC3CC(C2)CC1C3.CCC(C)(C)C(=O)OCC(=O)OC1C2CC3C1OS(=O)(=O)C3C2.CCC(C)(C)C(=O)OCC(=O)OC1C2CC3C1OS(=O)(=O)C3C2.CCC(C)(C)C(=O)OCCS(=O)(=O)[O-].CCC(C)(C)C(=O)OCCS(=O)(=O)[O-].c1ccc([S+]2CCCCC2)cc1. The van der Waals surface area contributed by atoms with Crippen LogP contribution in [0, 0.1) is 115 Å². The van der Waals surface area contributed by atoms with E-state index in [4.69, 9.17) is 36.8 Å². The number of hydrogen-bond donors (Lipinski definition) is 0. The molecule has 4 aromatic rings. The maximum Gasteiger partial charge on any atom is 0.344 e. The Morgan fingerprint density at radius 2 is 0.728 bits per heavy atom. The minimum Gasteiger partial charge on any atom is -0.748 e. The van der Waals surface area contributed by atoms with Crippen LogP contribution in [0.15, 0.2) is 95.2 Å². The van der Waals surface area contributed by atoms with Gasteiger partial charge in [0.1, 0.15) is 65.7 Å². The van der Waals surface area contributed by atoms with Crippen molar-refractivity contribution in [1.29, 1.82) is 0 Å². The first-order valence-corrected chi connectivity index (χ1v) is 62.8. The van der Waals surface area contributed by atoms with Crippen molar-refractivity contribution in [3.8, 4) is 4.90 Å². The molecule has 12 bridgehead atoms. The number of ether oxygens (including phenoxy) is 8. The average Bonchev–Trinajstić information content (AvgIpc) is 1.22. The van der Waals surface area contributed by atoms with Crippen molar-refractivity contribution in [3.05, 3.63) is 95.9 Å². The Kier molecular flexibility index (Phi) is 41.1. The summed E-state index contributed by atoms with van der Waals surface area (Å²) >= 11 is 0. The van der Waals surface area contributed by atoms with Crippen LogP contribution >= 0.6 is 10.5 Å². The summed E-state index contributed by atoms with van der Waals surface area (Å²) in [5.41, 5.74) is -1.98. The highest BCUT2D eigenvalue weighted by Gasteiger charge is 2.68. The zero-order valence-electron chi connectivity index (χ0n) is 92.0. The highest BCUT2D eigenvalue weighted by atomic mass is 32.2. The molecule has 28 nitrogen and oxygen atoms in total. The lowest BCUT2D eigenvalue weighted by molar-refractivity contribution is -0.232. The van der Waals surface area contributed by atoms with Gasteiger partial charge in [0.25, 0.3) is 20.2 Å². The summed E-state index contributed by atoms with van der Waals surface area (Å²) in [7, 11) is -14.9. The predicted molar refractivity (Wildman–Crippen MR) is 568 cm³/mol. The summed E-state index contributed by atoms with van der Waals surface area (Å²) in [4.78, 5) is 98.6. The van der Waals surface area contributed by atoms with E-state index in [1.165, 1.54) is 116 Å². The van der Waals surface area contributed by atoms with Gasteiger partial charge in [0.05, 0.1) is 74.7 Å². The van der Waals surface area contributed by atoms with Crippen molar-refractivity contribution in [2.45, 2.75) is 377 Å². The van der Waals surface area contributed by atoms with Crippen LogP contribution in [0.1, 0.15) is 326 Å². The molecule has 0 N–H and O–H groups in total. The highest BCUT2D eigenvalue weighted by molar-refractivity contribution is 7.97. The first kappa shape index (κ1) is 122. The number of benzene rings is 3. The van der Waals surface area contributed by atoms with E-state index in [1.54, 1.807) is 60.3 Å². The van der Waals surface area contributed by atoms with Crippen LogP contribution in [0.4, 0.5) is 0 Å². The second-order valence-electron chi connectivity index (χ2n) is 48.9. The van der Waals surface area contributed by atoms with Gasteiger partial charge in [0.2, 0.25) is 0 Å². The maximum absolute atomic E-state index is 12.8. The third-order valence-electron chi connectivity index (χ3n) is 34.8. The zero-order chi connectivity index (χ0) is 109. The second-order valence-corrected chi connectivity index (χ2v) is 59.6. The minimum atomic E-state index is -4.30. The van der Waals surface area contributed by atoms with Crippen molar-refractivity contribution < 1.29 is 127 Å². The largest absolute Gasteiger partial charge is 0.748 e. The van der Waals surface area contributed by atoms with Gasteiger partial charge in [-0.15, -0.1) is 0 Å². The summed E-state index contributed by atoms with van der Waals surface area (Å²) in [5.74, 6) is 5.26. The average molecular weight is 2170 g/mol. The molecular formula is C113H172O28S6. The fourth-order valence-corrected chi connectivity index (χ4v) is 32.3. The first-order chi connectivity index (χ1) is 68.3. The van der Waals surface area contributed by atoms with Crippen LogP contribution < -0.4 is 0 Å². The molecular weight excluding hydrogens is 2000 g/mol. The number of rotatable bonds is 30. The number of esters is 8. The minimum absolute atomic E-state index is 0.0130. The molecule has 3 saturated heterocycles. The fraction of sp³-hybridized carbons (Fsp3) is 0.752. The molecule has 15 aliphatic rings. The highest BCUT2D eigenvalue weighted by Crippen LogP contribution is 2.65. The standard InChI is InChI=1S/2C19H32O2.C18H19S.2C15H22O7S.C11H15S.2C8H16O5S/c2*1-6-18(4,5)17(20)21-19(12(2)3)15-8-13-7-14(10-15)11-16(19)9-13;1-18(2,3)15-8-10-16(11-9-15)19-13-12-14-6-4-5-7-17(14)19;2*1-4-15(2,3)14(17)20-7-11(16)21-12-8-5-9-10(6-8)23(18,19)22-13(9)12;1-3-7-11(8-4-1)12-9-5-2-6-10-12;2*1-4-8(2,3)7(9)13-5-6-14(10,11)12/h2*12-16H,6-11H2,1-5H3;4-13H,1-3H3;2*8-10,12-13H,4-7H2,1-3H3;1,3-4,7-8H,2,5-6,9-10H2;2*4-6H2,1-3H3,(H,10,11,12)/q;;+1;;;+1;;/p-2. The normalized spacial score (nSPS) is 29.1. The molecule has 12 aliphatic carbocycles. The number of carbonyl (C=O) groups is 8. The van der Waals surface area contributed by atoms with Gasteiger partial charge >= 0.3 is 47.8 Å². The van der Waals surface area contributed by atoms with Crippen molar-refractivity contribution in [1.82, 2.24) is 0 Å². The van der Waals surface area contributed by atoms with E-state index in [1.807, 2.05) is 55.4 Å². The Labute approximate surface area is 883 Å². The van der Waals surface area contributed by atoms with Crippen LogP contribution in [-0.4, -0.2) is 186 Å². The van der Waals surface area contributed by atoms with E-state index in [0.29, 0.717) is 97.8 Å². The molecule has 4 heterocycles. The van der Waals surface area contributed by atoms with Gasteiger partial charge in [-0.05, 0) is 337 Å². The molecule has 19 rings (SSSR count). The summed E-state index contributed by atoms with van der Waals surface area (Å²) in [6.45, 7) is 47.6. The van der Waals surface area contributed by atoms with Crippen LogP contribution in [-0.2, 0) is 141 Å². The zero-order valence-corrected chi connectivity index (χ0v) is 96.9. The predicted octanol–water partition coefficient (Wildman–Crippen LogP) is 21.4. The molecule has 12 saturated carbocycles. The van der Waals surface area contributed by atoms with Crippen molar-refractivity contribution in [2.75, 3.05) is 49.4 Å². The van der Waals surface area contributed by atoms with E-state index in [2.05, 4.69) is 162 Å². The molecule has 15 fully saturated rings. The quantitative estimate of drug-likeness (QED) is 0.0154. The summed E-state index contributed by atoms with van der Waals surface area (Å²) in [6, 6.07) is 31.1. The Morgan fingerprint density at radius 1 is 0.401 bits per heavy atom. The molecule has 3 aliphatic heterocycles. The molecule has 0 amide bonds. The fourth-order valence-electron chi connectivity index (χ4n) is 23.7. The lowest BCUT2D eigenvalue weighted by atomic mass is 9.47. The summed E-state index contributed by atoms with van der Waals surface area (Å²) in [5, 5.41) is 2.80. The van der Waals surface area contributed by atoms with E-state index in [-0.39, 0.29) is 86.7 Å². The van der Waals surface area contributed by atoms with Gasteiger partial charge in [-0.2, -0.15) is 16.8 Å². The lowest BCUT2D eigenvalue weighted by Gasteiger charge is -2.62. The van der Waals surface area contributed by atoms with E-state index in [9.17, 15) is 81.1 Å². The molecule has 828 valence electrons. The molecule has 11 atom stereocenters. The number of fused-ring (bicyclic) bond motifs is 3. The monoisotopic (exact) mass is 2170 g/mol. The summed E-state index contributed by atoms with van der Waals surface area (Å²) < 4.78 is 163. The third kappa shape index (κ3) is 30.1. The van der Waals surface area contributed by atoms with Crippen LogP contribution in [0.3, 0.4) is 0 Å². The number of hydrogen-bond acceptors (Lipinski definition) is 28. The second kappa shape index (κ2) is 49.4. The number of carbonyl (C=O) groups excluding carboxylic acids is 8. The van der Waals surface area contributed by atoms with Gasteiger partial charge in [0.15, 0.2) is 27.7 Å².